The van der Waals surface area contributed by atoms with Gasteiger partial charge in [-0.05, 0) is 37.3 Å². The third-order valence-electron chi connectivity index (χ3n) is 4.57. The van der Waals surface area contributed by atoms with Gasteiger partial charge in [0, 0.05) is 10.6 Å². The Bertz CT molecular complexity index is 1160. The zero-order valence-corrected chi connectivity index (χ0v) is 15.3. The predicted molar refractivity (Wildman–Crippen MR) is 99.0 cm³/mol. The molecule has 2 heterocycles. The Labute approximate surface area is 164 Å². The highest BCUT2D eigenvalue weighted by molar-refractivity contribution is 6.30. The lowest BCUT2D eigenvalue weighted by Crippen LogP contribution is -2.23. The first-order valence-corrected chi connectivity index (χ1v) is 8.67. The van der Waals surface area contributed by atoms with Gasteiger partial charge in [0.1, 0.15) is 23.3 Å². The van der Waals surface area contributed by atoms with E-state index in [0.29, 0.717) is 22.0 Å². The lowest BCUT2D eigenvalue weighted by molar-refractivity contribution is 0.365. The summed E-state index contributed by atoms with van der Waals surface area (Å²) in [6.07, 6.45) is 0. The van der Waals surface area contributed by atoms with Crippen LogP contribution in [0.4, 0.5) is 8.78 Å². The standard InChI is InChI=1S/C20H13ClF2N4O/c1-10-16-17(18-14(22)6-3-7-15(18)23)13(9-24)19(25)28-20(16)27(26-10)12-5-2-4-11(21)8-12/h2-8,17H,25H2,1H3/t17-/m0/s1. The molecule has 0 saturated carbocycles. The van der Waals surface area contributed by atoms with Gasteiger partial charge in [-0.2, -0.15) is 10.4 Å². The summed E-state index contributed by atoms with van der Waals surface area (Å²) in [5.74, 6) is -2.70. The molecule has 0 radical (unpaired) electrons. The largest absolute Gasteiger partial charge is 0.422 e. The van der Waals surface area contributed by atoms with Crippen molar-refractivity contribution in [3.05, 3.63) is 87.4 Å². The van der Waals surface area contributed by atoms with Gasteiger partial charge in [0.2, 0.25) is 11.8 Å². The van der Waals surface area contributed by atoms with E-state index in [1.165, 1.54) is 10.7 Å². The molecule has 0 unspecified atom stereocenters. The third kappa shape index (κ3) is 2.70. The SMILES string of the molecule is Cc1nn(-c2cccc(Cl)c2)c2c1[C@@H](c1c(F)cccc1F)C(C#N)=C(N)O2. The fraction of sp³-hybridized carbons (Fsp3) is 0.100. The fourth-order valence-corrected chi connectivity index (χ4v) is 3.56. The van der Waals surface area contributed by atoms with Gasteiger partial charge in [0.05, 0.1) is 22.9 Å². The number of nitriles is 1. The fourth-order valence-electron chi connectivity index (χ4n) is 3.37. The Morgan fingerprint density at radius 3 is 2.50 bits per heavy atom. The maximum Gasteiger partial charge on any atom is 0.229 e. The van der Waals surface area contributed by atoms with Crippen LogP contribution >= 0.6 is 11.6 Å². The lowest BCUT2D eigenvalue weighted by atomic mass is 9.83. The molecule has 0 saturated heterocycles. The average molecular weight is 399 g/mol. The molecular formula is C20H13ClF2N4O. The van der Waals surface area contributed by atoms with Crippen LogP contribution in [0, 0.1) is 29.9 Å². The van der Waals surface area contributed by atoms with E-state index >= 15 is 0 Å². The van der Waals surface area contributed by atoms with E-state index in [-0.39, 0.29) is 22.9 Å². The lowest BCUT2D eigenvalue weighted by Gasteiger charge is -2.25. The number of aromatic nitrogens is 2. The van der Waals surface area contributed by atoms with Crippen LogP contribution in [-0.2, 0) is 0 Å². The summed E-state index contributed by atoms with van der Waals surface area (Å²) in [4.78, 5) is 0. The Balaban J connectivity index is 2.02. The first-order chi connectivity index (χ1) is 13.4. The summed E-state index contributed by atoms with van der Waals surface area (Å²) in [5.41, 5.74) is 6.98. The van der Waals surface area contributed by atoms with E-state index in [2.05, 4.69) is 5.10 Å². The van der Waals surface area contributed by atoms with Gasteiger partial charge in [-0.3, -0.25) is 0 Å². The number of benzene rings is 2. The van der Waals surface area contributed by atoms with Crippen LogP contribution in [0.25, 0.3) is 5.69 Å². The summed E-state index contributed by atoms with van der Waals surface area (Å²) in [6, 6.07) is 12.3. The smallest absolute Gasteiger partial charge is 0.229 e. The van der Waals surface area contributed by atoms with Crippen LogP contribution in [0.2, 0.25) is 5.02 Å². The number of rotatable bonds is 2. The molecule has 1 aliphatic heterocycles. The minimum Gasteiger partial charge on any atom is -0.422 e. The van der Waals surface area contributed by atoms with Crippen LogP contribution in [0.3, 0.4) is 0 Å². The third-order valence-corrected chi connectivity index (χ3v) is 4.81. The van der Waals surface area contributed by atoms with E-state index < -0.39 is 17.6 Å². The minimum atomic E-state index is -1.08. The van der Waals surface area contributed by atoms with Crippen molar-refractivity contribution in [1.82, 2.24) is 9.78 Å². The normalized spacial score (nSPS) is 15.8. The zero-order valence-electron chi connectivity index (χ0n) is 14.6. The van der Waals surface area contributed by atoms with Gasteiger partial charge < -0.3 is 10.5 Å². The molecule has 0 amide bonds. The number of halogens is 3. The number of nitrogens with two attached hydrogens (primary N) is 1. The van der Waals surface area contributed by atoms with E-state index in [4.69, 9.17) is 22.1 Å². The number of hydrogen-bond donors (Lipinski definition) is 1. The highest BCUT2D eigenvalue weighted by atomic mass is 35.5. The summed E-state index contributed by atoms with van der Waals surface area (Å²) in [6.45, 7) is 1.67. The van der Waals surface area contributed by atoms with Crippen molar-refractivity contribution in [3.8, 4) is 17.6 Å². The van der Waals surface area contributed by atoms with Crippen molar-refractivity contribution in [2.75, 3.05) is 0 Å². The molecule has 0 bridgehead atoms. The highest BCUT2D eigenvalue weighted by Gasteiger charge is 2.38. The number of fused-ring (bicyclic) bond motifs is 1. The van der Waals surface area contributed by atoms with Crippen molar-refractivity contribution in [2.24, 2.45) is 5.73 Å². The number of aryl methyl sites for hydroxylation is 1. The Morgan fingerprint density at radius 2 is 1.86 bits per heavy atom. The summed E-state index contributed by atoms with van der Waals surface area (Å²) >= 11 is 6.07. The predicted octanol–water partition coefficient (Wildman–Crippen LogP) is 4.33. The molecule has 2 N–H and O–H groups in total. The van der Waals surface area contributed by atoms with Crippen molar-refractivity contribution >= 4 is 11.6 Å². The molecule has 3 aromatic rings. The molecule has 4 rings (SSSR count). The van der Waals surface area contributed by atoms with Crippen LogP contribution in [0.1, 0.15) is 22.7 Å². The van der Waals surface area contributed by atoms with Crippen molar-refractivity contribution in [1.29, 1.82) is 5.26 Å². The summed E-state index contributed by atoms with van der Waals surface area (Å²) in [7, 11) is 0. The molecule has 140 valence electrons. The van der Waals surface area contributed by atoms with Crippen LogP contribution in [0.5, 0.6) is 5.88 Å². The maximum absolute atomic E-state index is 14.6. The van der Waals surface area contributed by atoms with E-state index in [9.17, 15) is 14.0 Å². The molecule has 1 aliphatic rings. The second-order valence-corrected chi connectivity index (χ2v) is 6.69. The van der Waals surface area contributed by atoms with Crippen LogP contribution in [0.15, 0.2) is 53.9 Å². The monoisotopic (exact) mass is 398 g/mol. The summed E-state index contributed by atoms with van der Waals surface area (Å²) in [5, 5.41) is 14.5. The number of ether oxygens (including phenoxy) is 1. The van der Waals surface area contributed by atoms with Crippen molar-refractivity contribution in [2.45, 2.75) is 12.8 Å². The molecule has 0 aliphatic carbocycles. The number of hydrogen-bond acceptors (Lipinski definition) is 4. The van der Waals surface area contributed by atoms with Gasteiger partial charge >= 0.3 is 0 Å². The molecule has 2 aromatic carbocycles. The molecule has 5 nitrogen and oxygen atoms in total. The highest BCUT2D eigenvalue weighted by Crippen LogP contribution is 2.46. The van der Waals surface area contributed by atoms with Gasteiger partial charge in [0.15, 0.2) is 0 Å². The van der Waals surface area contributed by atoms with E-state index in [0.717, 1.165) is 12.1 Å². The van der Waals surface area contributed by atoms with Gasteiger partial charge in [-0.1, -0.05) is 23.7 Å². The maximum atomic E-state index is 14.6. The first-order valence-electron chi connectivity index (χ1n) is 8.29. The van der Waals surface area contributed by atoms with Crippen LogP contribution < -0.4 is 10.5 Å². The Morgan fingerprint density at radius 1 is 1.18 bits per heavy atom. The molecule has 1 aromatic heterocycles. The van der Waals surface area contributed by atoms with E-state index in [1.54, 1.807) is 31.2 Å². The number of allylic oxidation sites excluding steroid dienone is 1. The van der Waals surface area contributed by atoms with Crippen LogP contribution in [-0.4, -0.2) is 9.78 Å². The molecule has 8 heteroatoms. The quantitative estimate of drug-likeness (QED) is 0.697. The Kier molecular flexibility index (Phi) is 4.28. The Hall–Kier alpha value is -3.37. The number of nitrogens with zero attached hydrogens (tertiary/aromatic N) is 3. The first kappa shape index (κ1) is 18.0. The molecule has 0 fully saturated rings. The molecule has 28 heavy (non-hydrogen) atoms. The van der Waals surface area contributed by atoms with Crippen molar-refractivity contribution in [3.63, 3.8) is 0 Å². The average Bonchev–Trinajstić information content (AvgIpc) is 2.97. The minimum absolute atomic E-state index is 0.0785. The summed E-state index contributed by atoms with van der Waals surface area (Å²) < 4.78 is 36.3. The van der Waals surface area contributed by atoms with Gasteiger partial charge in [-0.25, -0.2) is 13.5 Å². The second-order valence-electron chi connectivity index (χ2n) is 6.26. The zero-order chi connectivity index (χ0) is 20.0. The van der Waals surface area contributed by atoms with Gasteiger partial charge in [-0.15, -0.1) is 0 Å². The van der Waals surface area contributed by atoms with Crippen molar-refractivity contribution < 1.29 is 13.5 Å². The topological polar surface area (TPSA) is 76.9 Å². The van der Waals surface area contributed by atoms with Gasteiger partial charge in [0.25, 0.3) is 0 Å². The second kappa shape index (κ2) is 6.66. The molecule has 1 atom stereocenters. The molecular weight excluding hydrogens is 386 g/mol. The van der Waals surface area contributed by atoms with E-state index in [1.807, 2.05) is 6.07 Å². The molecule has 0 spiro atoms.